The highest BCUT2D eigenvalue weighted by molar-refractivity contribution is 5.94. The predicted octanol–water partition coefficient (Wildman–Crippen LogP) is 2.87. The van der Waals surface area contributed by atoms with E-state index in [-0.39, 0.29) is 11.5 Å². The van der Waals surface area contributed by atoms with E-state index in [1.165, 1.54) is 0 Å². The van der Waals surface area contributed by atoms with Crippen LogP contribution >= 0.6 is 0 Å². The Morgan fingerprint density at radius 1 is 1.19 bits per heavy atom. The lowest BCUT2D eigenvalue weighted by molar-refractivity contribution is -0.124. The van der Waals surface area contributed by atoms with Crippen LogP contribution < -0.4 is 0 Å². The zero-order valence-corrected chi connectivity index (χ0v) is 18.1. The molecule has 3 aromatic rings. The Balaban J connectivity index is 1.19. The molecule has 3 aromatic heterocycles. The zero-order chi connectivity index (χ0) is 22.0. The number of aromatic nitrogens is 5. The van der Waals surface area contributed by atoms with Crippen molar-refractivity contribution in [1.29, 1.82) is 0 Å². The summed E-state index contributed by atoms with van der Waals surface area (Å²) >= 11 is 0. The standard InChI is InChI=1S/C23H26N6O3/c1-16-2-3-18(14-26-16)22(30)29-9-5-23(6-10-29)13-17(4-11-31-23)12-20-27-21(28-32-20)19-15-24-7-8-25-19/h2-3,7-8,14-15,17H,4-6,9-13H2,1H3. The average Bonchev–Trinajstić information content (AvgIpc) is 3.29. The fourth-order valence-electron chi connectivity index (χ4n) is 4.65. The van der Waals surface area contributed by atoms with Gasteiger partial charge in [0.25, 0.3) is 5.91 Å². The summed E-state index contributed by atoms with van der Waals surface area (Å²) in [7, 11) is 0. The summed E-state index contributed by atoms with van der Waals surface area (Å²) < 4.78 is 11.7. The van der Waals surface area contributed by atoms with Gasteiger partial charge < -0.3 is 14.2 Å². The third-order valence-electron chi connectivity index (χ3n) is 6.44. The second-order valence-electron chi connectivity index (χ2n) is 8.68. The Kier molecular flexibility index (Phi) is 5.65. The maximum atomic E-state index is 12.8. The van der Waals surface area contributed by atoms with Gasteiger partial charge in [-0.15, -0.1) is 0 Å². The van der Waals surface area contributed by atoms with Crippen LogP contribution in [0.5, 0.6) is 0 Å². The SMILES string of the molecule is Cc1ccc(C(=O)N2CCC3(CC2)CC(Cc2nc(-c4cnccn4)no2)CCO3)cn1. The minimum Gasteiger partial charge on any atom is -0.375 e. The zero-order valence-electron chi connectivity index (χ0n) is 18.1. The first-order valence-corrected chi connectivity index (χ1v) is 11.1. The number of carbonyl (C=O) groups is 1. The highest BCUT2D eigenvalue weighted by Gasteiger charge is 2.41. The quantitative estimate of drug-likeness (QED) is 0.617. The maximum absolute atomic E-state index is 12.8. The van der Waals surface area contributed by atoms with Crippen molar-refractivity contribution in [1.82, 2.24) is 30.0 Å². The molecule has 2 fully saturated rings. The molecule has 0 radical (unpaired) electrons. The lowest BCUT2D eigenvalue weighted by atomic mass is 9.78. The molecular weight excluding hydrogens is 408 g/mol. The maximum Gasteiger partial charge on any atom is 0.255 e. The van der Waals surface area contributed by atoms with Crippen LogP contribution in [0.4, 0.5) is 0 Å². The monoisotopic (exact) mass is 434 g/mol. The van der Waals surface area contributed by atoms with Crippen LogP contribution in [-0.4, -0.2) is 61.2 Å². The van der Waals surface area contributed by atoms with E-state index in [9.17, 15) is 4.79 Å². The van der Waals surface area contributed by atoms with E-state index in [0.717, 1.165) is 37.8 Å². The van der Waals surface area contributed by atoms with Gasteiger partial charge in [0, 0.05) is 50.4 Å². The number of hydrogen-bond acceptors (Lipinski definition) is 8. The summed E-state index contributed by atoms with van der Waals surface area (Å²) in [5.74, 6) is 1.53. The van der Waals surface area contributed by atoms with Crippen molar-refractivity contribution in [2.45, 2.75) is 44.6 Å². The number of carbonyl (C=O) groups excluding carboxylic acids is 1. The molecule has 1 unspecified atom stereocenters. The van der Waals surface area contributed by atoms with Gasteiger partial charge in [-0.25, -0.2) is 4.98 Å². The second-order valence-corrected chi connectivity index (χ2v) is 8.68. The third kappa shape index (κ3) is 4.38. The number of rotatable bonds is 4. The van der Waals surface area contributed by atoms with E-state index in [4.69, 9.17) is 9.26 Å². The minimum atomic E-state index is -0.182. The van der Waals surface area contributed by atoms with Gasteiger partial charge in [0.2, 0.25) is 11.7 Å². The van der Waals surface area contributed by atoms with E-state index < -0.39 is 0 Å². The first kappa shape index (κ1) is 20.7. The Labute approximate surface area is 186 Å². The second kappa shape index (κ2) is 8.74. The van der Waals surface area contributed by atoms with Gasteiger partial charge in [-0.2, -0.15) is 4.98 Å². The first-order valence-electron chi connectivity index (χ1n) is 11.1. The first-order chi connectivity index (χ1) is 15.6. The fraction of sp³-hybridized carbons (Fsp3) is 0.478. The molecule has 5 heterocycles. The number of likely N-dealkylation sites (tertiary alicyclic amines) is 1. The Morgan fingerprint density at radius 2 is 2.06 bits per heavy atom. The molecule has 5 rings (SSSR count). The summed E-state index contributed by atoms with van der Waals surface area (Å²) in [5.41, 5.74) is 1.97. The highest BCUT2D eigenvalue weighted by atomic mass is 16.5. The molecule has 0 aliphatic carbocycles. The molecule has 2 aliphatic heterocycles. The number of piperidine rings is 1. The number of ether oxygens (including phenoxy) is 1. The molecular formula is C23H26N6O3. The average molecular weight is 435 g/mol. The van der Waals surface area contributed by atoms with Crippen molar-refractivity contribution in [2.75, 3.05) is 19.7 Å². The van der Waals surface area contributed by atoms with Crippen molar-refractivity contribution in [2.24, 2.45) is 5.92 Å². The fourth-order valence-corrected chi connectivity index (χ4v) is 4.65. The van der Waals surface area contributed by atoms with Gasteiger partial charge >= 0.3 is 0 Å². The van der Waals surface area contributed by atoms with Crippen LogP contribution in [0.1, 0.15) is 47.6 Å². The van der Waals surface area contributed by atoms with E-state index in [1.54, 1.807) is 24.8 Å². The summed E-state index contributed by atoms with van der Waals surface area (Å²) in [5, 5.41) is 4.05. The molecule has 0 saturated carbocycles. The highest BCUT2D eigenvalue weighted by Crippen LogP contribution is 2.39. The molecule has 9 nitrogen and oxygen atoms in total. The molecule has 32 heavy (non-hydrogen) atoms. The molecule has 1 spiro atoms. The molecule has 9 heteroatoms. The normalized spacial score (nSPS) is 20.4. The Hall–Kier alpha value is -3.20. The van der Waals surface area contributed by atoms with Crippen LogP contribution in [-0.2, 0) is 11.2 Å². The van der Waals surface area contributed by atoms with Crippen molar-refractivity contribution in [3.8, 4) is 11.5 Å². The van der Waals surface area contributed by atoms with Crippen LogP contribution in [0.25, 0.3) is 11.5 Å². The number of pyridine rings is 1. The molecule has 0 aromatic carbocycles. The van der Waals surface area contributed by atoms with E-state index in [0.29, 0.717) is 48.6 Å². The van der Waals surface area contributed by atoms with Crippen LogP contribution in [0.2, 0.25) is 0 Å². The Morgan fingerprint density at radius 3 is 2.81 bits per heavy atom. The lowest BCUT2D eigenvalue weighted by Crippen LogP contribution is -2.51. The third-order valence-corrected chi connectivity index (χ3v) is 6.44. The molecule has 1 amide bonds. The molecule has 166 valence electrons. The Bertz CT molecular complexity index is 1060. The van der Waals surface area contributed by atoms with Crippen LogP contribution in [0.3, 0.4) is 0 Å². The summed E-state index contributed by atoms with van der Waals surface area (Å²) in [6, 6.07) is 3.72. The minimum absolute atomic E-state index is 0.0436. The molecule has 1 atom stereocenters. The van der Waals surface area contributed by atoms with Gasteiger partial charge in [-0.1, -0.05) is 5.16 Å². The van der Waals surface area contributed by atoms with Crippen molar-refractivity contribution in [3.63, 3.8) is 0 Å². The summed E-state index contributed by atoms with van der Waals surface area (Å²) in [6.45, 7) is 4.01. The van der Waals surface area contributed by atoms with E-state index in [2.05, 4.69) is 25.1 Å². The van der Waals surface area contributed by atoms with Crippen molar-refractivity contribution in [3.05, 3.63) is 54.1 Å². The van der Waals surface area contributed by atoms with Gasteiger partial charge in [-0.05, 0) is 50.7 Å². The largest absolute Gasteiger partial charge is 0.375 e. The number of amides is 1. The molecule has 0 N–H and O–H groups in total. The molecule has 0 bridgehead atoms. The number of nitrogens with zero attached hydrogens (tertiary/aromatic N) is 6. The van der Waals surface area contributed by atoms with Crippen LogP contribution in [0.15, 0.2) is 41.4 Å². The molecule has 2 saturated heterocycles. The van der Waals surface area contributed by atoms with Crippen molar-refractivity contribution >= 4 is 5.91 Å². The summed E-state index contributed by atoms with van der Waals surface area (Å²) in [4.78, 5) is 31.8. The van der Waals surface area contributed by atoms with Crippen LogP contribution in [0, 0.1) is 12.8 Å². The van der Waals surface area contributed by atoms with Crippen molar-refractivity contribution < 1.29 is 14.1 Å². The van der Waals surface area contributed by atoms with E-state index in [1.807, 2.05) is 24.0 Å². The summed E-state index contributed by atoms with van der Waals surface area (Å²) in [6.07, 6.45) is 10.8. The van der Waals surface area contributed by atoms with E-state index >= 15 is 0 Å². The number of aryl methyl sites for hydroxylation is 1. The topological polar surface area (TPSA) is 107 Å². The van der Waals surface area contributed by atoms with Gasteiger partial charge in [0.1, 0.15) is 5.69 Å². The predicted molar refractivity (Wildman–Crippen MR) is 115 cm³/mol. The van der Waals surface area contributed by atoms with Gasteiger partial charge in [0.05, 0.1) is 17.4 Å². The number of hydrogen-bond donors (Lipinski definition) is 0. The lowest BCUT2D eigenvalue weighted by Gasteiger charge is -2.46. The van der Waals surface area contributed by atoms with Gasteiger partial charge in [0.15, 0.2) is 0 Å². The molecule has 2 aliphatic rings. The smallest absolute Gasteiger partial charge is 0.255 e. The van der Waals surface area contributed by atoms with Gasteiger partial charge in [-0.3, -0.25) is 14.8 Å².